The molecule has 3 heteroatoms. The van der Waals surface area contributed by atoms with E-state index >= 15 is 0 Å². The Bertz CT molecular complexity index is 265. The van der Waals surface area contributed by atoms with E-state index < -0.39 is 0 Å². The van der Waals surface area contributed by atoms with E-state index in [4.69, 9.17) is 11.6 Å². The summed E-state index contributed by atoms with van der Waals surface area (Å²) < 4.78 is 12.8. The first-order valence-corrected chi connectivity index (χ1v) is 4.75. The lowest BCUT2D eigenvalue weighted by atomic mass is 10.2. The molecule has 0 aromatic heterocycles. The summed E-state index contributed by atoms with van der Waals surface area (Å²) in [6.45, 7) is 1.56. The van der Waals surface area contributed by atoms with Crippen molar-refractivity contribution in [2.45, 2.75) is 6.54 Å². The molecule has 0 aliphatic heterocycles. The van der Waals surface area contributed by atoms with E-state index in [0.717, 1.165) is 18.7 Å². The Morgan fingerprint density at radius 3 is 2.85 bits per heavy atom. The van der Waals surface area contributed by atoms with Crippen molar-refractivity contribution in [3.63, 3.8) is 0 Å². The molecule has 0 aliphatic carbocycles. The lowest BCUT2D eigenvalue weighted by Crippen LogP contribution is -2.19. The van der Waals surface area contributed by atoms with Crippen molar-refractivity contribution in [3.05, 3.63) is 35.6 Å². The molecule has 1 aromatic rings. The largest absolute Gasteiger partial charge is 0.301 e. The van der Waals surface area contributed by atoms with Crippen LogP contribution in [0, 0.1) is 5.82 Å². The summed E-state index contributed by atoms with van der Waals surface area (Å²) in [5.74, 6) is 0.419. The third-order valence-electron chi connectivity index (χ3n) is 1.81. The van der Waals surface area contributed by atoms with Crippen LogP contribution in [0.25, 0.3) is 0 Å². The predicted octanol–water partition coefficient (Wildman–Crippen LogP) is 2.50. The Morgan fingerprint density at radius 2 is 2.23 bits per heavy atom. The van der Waals surface area contributed by atoms with Crippen molar-refractivity contribution in [2.24, 2.45) is 0 Å². The van der Waals surface area contributed by atoms with Gasteiger partial charge < -0.3 is 4.90 Å². The molecule has 0 amide bonds. The maximum absolute atomic E-state index is 12.8. The quantitative estimate of drug-likeness (QED) is 0.677. The Balaban J connectivity index is 2.53. The second-order valence-corrected chi connectivity index (χ2v) is 3.43. The molecule has 0 aliphatic rings. The number of benzene rings is 1. The Hall–Kier alpha value is -0.600. The van der Waals surface area contributed by atoms with Crippen molar-refractivity contribution in [3.8, 4) is 0 Å². The molecule has 0 unspecified atom stereocenters. The molecule has 0 bridgehead atoms. The van der Waals surface area contributed by atoms with Crippen LogP contribution < -0.4 is 0 Å². The zero-order chi connectivity index (χ0) is 9.68. The van der Waals surface area contributed by atoms with Crippen LogP contribution in [-0.4, -0.2) is 24.4 Å². The lowest BCUT2D eigenvalue weighted by molar-refractivity contribution is 0.347. The average Bonchev–Trinajstić information content (AvgIpc) is 2.04. The first kappa shape index (κ1) is 10.5. The second kappa shape index (κ2) is 5.20. The molecule has 0 N–H and O–H groups in total. The fraction of sp³-hybridized carbons (Fsp3) is 0.400. The van der Waals surface area contributed by atoms with Crippen LogP contribution in [0.5, 0.6) is 0 Å². The first-order valence-electron chi connectivity index (χ1n) is 4.21. The number of hydrogen-bond acceptors (Lipinski definition) is 1. The van der Waals surface area contributed by atoms with Crippen LogP contribution in [0.2, 0.25) is 0 Å². The van der Waals surface area contributed by atoms with Gasteiger partial charge in [0.15, 0.2) is 0 Å². The molecule has 1 rings (SSSR count). The van der Waals surface area contributed by atoms with Gasteiger partial charge >= 0.3 is 0 Å². The fourth-order valence-corrected chi connectivity index (χ4v) is 1.46. The monoisotopic (exact) mass is 201 g/mol. The SMILES string of the molecule is CN(CCCl)Cc1cccc(F)c1. The topological polar surface area (TPSA) is 3.24 Å². The van der Waals surface area contributed by atoms with Crippen LogP contribution >= 0.6 is 11.6 Å². The Labute approximate surface area is 83.1 Å². The number of alkyl halides is 1. The minimum atomic E-state index is -0.184. The van der Waals surface area contributed by atoms with Crippen molar-refractivity contribution >= 4 is 11.6 Å². The van der Waals surface area contributed by atoms with E-state index in [1.807, 2.05) is 13.1 Å². The van der Waals surface area contributed by atoms with E-state index in [1.54, 1.807) is 12.1 Å². The molecule has 0 atom stereocenters. The summed E-state index contributed by atoms with van der Waals surface area (Å²) in [5.41, 5.74) is 0.979. The smallest absolute Gasteiger partial charge is 0.123 e. The third kappa shape index (κ3) is 3.75. The van der Waals surface area contributed by atoms with Gasteiger partial charge in [-0.2, -0.15) is 0 Å². The molecule has 72 valence electrons. The molecule has 0 heterocycles. The highest BCUT2D eigenvalue weighted by atomic mass is 35.5. The van der Waals surface area contributed by atoms with E-state index in [1.165, 1.54) is 6.07 Å². The molecule has 0 saturated heterocycles. The lowest BCUT2D eigenvalue weighted by Gasteiger charge is -2.14. The first-order chi connectivity index (χ1) is 6.22. The van der Waals surface area contributed by atoms with Crippen LogP contribution in [0.3, 0.4) is 0 Å². The Morgan fingerprint density at radius 1 is 1.46 bits per heavy atom. The van der Waals surface area contributed by atoms with Crippen LogP contribution in [0.1, 0.15) is 5.56 Å². The van der Waals surface area contributed by atoms with Crippen LogP contribution in [0.15, 0.2) is 24.3 Å². The molecule has 0 saturated carbocycles. The number of nitrogens with zero attached hydrogens (tertiary/aromatic N) is 1. The zero-order valence-corrected chi connectivity index (χ0v) is 8.39. The van der Waals surface area contributed by atoms with E-state index in [2.05, 4.69) is 4.90 Å². The van der Waals surface area contributed by atoms with Crippen LogP contribution in [-0.2, 0) is 6.54 Å². The number of rotatable bonds is 4. The summed E-state index contributed by atoms with van der Waals surface area (Å²) >= 11 is 5.58. The van der Waals surface area contributed by atoms with Gasteiger partial charge in [-0.15, -0.1) is 11.6 Å². The molecular formula is C10H13ClFN. The summed E-state index contributed by atoms with van der Waals surface area (Å²) in [6.07, 6.45) is 0. The van der Waals surface area contributed by atoms with Gasteiger partial charge in [-0.25, -0.2) is 4.39 Å². The molecule has 0 radical (unpaired) electrons. The maximum atomic E-state index is 12.8. The second-order valence-electron chi connectivity index (χ2n) is 3.06. The highest BCUT2D eigenvalue weighted by molar-refractivity contribution is 6.18. The van der Waals surface area contributed by atoms with E-state index in [0.29, 0.717) is 5.88 Å². The van der Waals surface area contributed by atoms with Gasteiger partial charge in [-0.3, -0.25) is 0 Å². The predicted molar refractivity (Wildman–Crippen MR) is 53.5 cm³/mol. The molecule has 13 heavy (non-hydrogen) atoms. The maximum Gasteiger partial charge on any atom is 0.123 e. The standard InChI is InChI=1S/C10H13ClFN/c1-13(6-5-11)8-9-3-2-4-10(12)7-9/h2-4,7H,5-6,8H2,1H3. The summed E-state index contributed by atoms with van der Waals surface area (Å²) in [7, 11) is 1.97. The summed E-state index contributed by atoms with van der Waals surface area (Å²) in [4.78, 5) is 2.06. The van der Waals surface area contributed by atoms with Gasteiger partial charge in [0.05, 0.1) is 0 Å². The highest BCUT2D eigenvalue weighted by Crippen LogP contribution is 2.05. The molecule has 0 fully saturated rings. The van der Waals surface area contributed by atoms with E-state index in [-0.39, 0.29) is 5.82 Å². The number of halogens is 2. The van der Waals surface area contributed by atoms with Gasteiger partial charge in [-0.05, 0) is 24.7 Å². The van der Waals surface area contributed by atoms with Gasteiger partial charge in [0, 0.05) is 19.0 Å². The minimum Gasteiger partial charge on any atom is -0.301 e. The van der Waals surface area contributed by atoms with E-state index in [9.17, 15) is 4.39 Å². The summed E-state index contributed by atoms with van der Waals surface area (Å²) in [5, 5.41) is 0. The molecule has 0 spiro atoms. The van der Waals surface area contributed by atoms with Gasteiger partial charge in [0.1, 0.15) is 5.82 Å². The summed E-state index contributed by atoms with van der Waals surface area (Å²) in [6, 6.07) is 6.63. The van der Waals surface area contributed by atoms with Crippen molar-refractivity contribution in [1.29, 1.82) is 0 Å². The van der Waals surface area contributed by atoms with Crippen molar-refractivity contribution in [2.75, 3.05) is 19.5 Å². The van der Waals surface area contributed by atoms with Crippen molar-refractivity contribution in [1.82, 2.24) is 4.90 Å². The molecule has 1 aromatic carbocycles. The zero-order valence-electron chi connectivity index (χ0n) is 7.63. The minimum absolute atomic E-state index is 0.184. The average molecular weight is 202 g/mol. The normalized spacial score (nSPS) is 10.8. The van der Waals surface area contributed by atoms with Gasteiger partial charge in [0.25, 0.3) is 0 Å². The third-order valence-corrected chi connectivity index (χ3v) is 1.98. The molecular weight excluding hydrogens is 189 g/mol. The highest BCUT2D eigenvalue weighted by Gasteiger charge is 1.99. The van der Waals surface area contributed by atoms with Gasteiger partial charge in [-0.1, -0.05) is 12.1 Å². The number of hydrogen-bond donors (Lipinski definition) is 0. The van der Waals surface area contributed by atoms with Gasteiger partial charge in [0.2, 0.25) is 0 Å². The fourth-order valence-electron chi connectivity index (χ4n) is 1.17. The van der Waals surface area contributed by atoms with Crippen molar-refractivity contribution < 1.29 is 4.39 Å². The Kier molecular flexibility index (Phi) is 4.19. The van der Waals surface area contributed by atoms with Crippen LogP contribution in [0.4, 0.5) is 4.39 Å². The molecule has 1 nitrogen and oxygen atoms in total.